The van der Waals surface area contributed by atoms with Gasteiger partial charge in [0.15, 0.2) is 0 Å². The first kappa shape index (κ1) is 28.6. The van der Waals surface area contributed by atoms with Gasteiger partial charge in [0.05, 0.1) is 0 Å². The number of hydrogen-bond acceptors (Lipinski definition) is 11. The number of carboxylic acid groups (broad SMARTS) is 1. The number of aromatic amines is 1. The van der Waals surface area contributed by atoms with E-state index in [-0.39, 0.29) is 24.4 Å². The predicted molar refractivity (Wildman–Crippen MR) is 142 cm³/mol. The molecule has 2 aromatic rings. The molecular formula is C21H25N11O6S2. The number of aliphatic carboxylic acids is 1. The number of nitrogens with two attached hydrogens (primary N) is 3. The summed E-state index contributed by atoms with van der Waals surface area (Å²) < 4.78 is 0. The number of nitrogens with one attached hydrogen (secondary N) is 4. The number of H-pyrrole nitrogens is 1. The van der Waals surface area contributed by atoms with E-state index in [0.717, 1.165) is 16.7 Å². The van der Waals surface area contributed by atoms with Gasteiger partial charge >= 0.3 is 18.0 Å². The maximum absolute atomic E-state index is 13.1. The molecule has 1 aromatic heterocycles. The number of fused-ring (bicyclic) bond motifs is 1. The number of carboxylic acids is 1. The van der Waals surface area contributed by atoms with E-state index in [1.165, 1.54) is 36.0 Å². The van der Waals surface area contributed by atoms with Crippen molar-refractivity contribution in [3.05, 3.63) is 41.1 Å². The van der Waals surface area contributed by atoms with Crippen LogP contribution in [0.4, 0.5) is 15.3 Å². The summed E-state index contributed by atoms with van der Waals surface area (Å²) in [5.41, 5.74) is 17.4. The van der Waals surface area contributed by atoms with Gasteiger partial charge in [-0.15, -0.1) is 16.9 Å². The van der Waals surface area contributed by atoms with E-state index in [1.807, 2.05) is 0 Å². The highest BCUT2D eigenvalue weighted by Crippen LogP contribution is 2.44. The number of tetrazole rings is 1. The van der Waals surface area contributed by atoms with E-state index in [1.54, 1.807) is 0 Å². The SMILES string of the molecule is NC(=O)NCCC(Sc1nnn[nH]1)C1=C(C(=O)O)N2C(=O)C(NC(=O)C(N)c3ccc(NC(N)=O)cc3)[C@@H]2SC1. The van der Waals surface area contributed by atoms with Crippen LogP contribution in [0, 0.1) is 0 Å². The normalized spacial score (nSPS) is 19.6. The third-order valence-corrected chi connectivity index (χ3v) is 8.50. The highest BCUT2D eigenvalue weighted by molar-refractivity contribution is 8.01. The van der Waals surface area contributed by atoms with Crippen molar-refractivity contribution in [3.63, 3.8) is 0 Å². The van der Waals surface area contributed by atoms with Gasteiger partial charge in [-0.05, 0) is 40.1 Å². The minimum atomic E-state index is -1.32. The van der Waals surface area contributed by atoms with E-state index in [2.05, 4.69) is 36.6 Å². The molecule has 212 valence electrons. The number of benzene rings is 1. The number of β-lactam (4-membered cyclic amide) rings is 1. The first-order valence-corrected chi connectivity index (χ1v) is 13.6. The third-order valence-electron chi connectivity index (χ3n) is 5.99. The maximum Gasteiger partial charge on any atom is 0.352 e. The molecule has 19 heteroatoms. The molecule has 3 unspecified atom stereocenters. The highest BCUT2D eigenvalue weighted by Gasteiger charge is 2.55. The zero-order valence-corrected chi connectivity index (χ0v) is 22.2. The Hall–Kier alpha value is -4.36. The molecule has 2 aliphatic heterocycles. The molecule has 3 heterocycles. The van der Waals surface area contributed by atoms with E-state index in [4.69, 9.17) is 17.2 Å². The Labute approximate surface area is 234 Å². The lowest BCUT2D eigenvalue weighted by molar-refractivity contribution is -0.150. The van der Waals surface area contributed by atoms with Gasteiger partial charge in [0.1, 0.15) is 23.2 Å². The molecule has 11 N–H and O–H groups in total. The Kier molecular flexibility index (Phi) is 8.75. The monoisotopic (exact) mass is 591 g/mol. The molecule has 0 radical (unpaired) electrons. The summed E-state index contributed by atoms with van der Waals surface area (Å²) in [4.78, 5) is 61.6. The average Bonchev–Trinajstić information content (AvgIpc) is 3.42. The maximum atomic E-state index is 13.1. The minimum Gasteiger partial charge on any atom is -0.477 e. The first-order valence-electron chi connectivity index (χ1n) is 11.6. The van der Waals surface area contributed by atoms with Crippen LogP contribution in [-0.2, 0) is 14.4 Å². The molecule has 1 saturated heterocycles. The van der Waals surface area contributed by atoms with Crippen molar-refractivity contribution in [2.75, 3.05) is 17.6 Å². The molecule has 0 saturated carbocycles. The number of hydrogen-bond donors (Lipinski definition) is 8. The van der Waals surface area contributed by atoms with Crippen molar-refractivity contribution >= 4 is 59.1 Å². The Morgan fingerprint density at radius 2 is 1.93 bits per heavy atom. The second-order valence-electron chi connectivity index (χ2n) is 8.56. The zero-order chi connectivity index (χ0) is 29.0. The van der Waals surface area contributed by atoms with Crippen molar-refractivity contribution in [2.24, 2.45) is 17.2 Å². The highest BCUT2D eigenvalue weighted by atomic mass is 32.2. The van der Waals surface area contributed by atoms with Crippen LogP contribution >= 0.6 is 23.5 Å². The summed E-state index contributed by atoms with van der Waals surface area (Å²) in [6.45, 7) is 0.142. The van der Waals surface area contributed by atoms with Crippen molar-refractivity contribution < 1.29 is 29.1 Å². The van der Waals surface area contributed by atoms with Gasteiger partial charge in [-0.1, -0.05) is 23.9 Å². The van der Waals surface area contributed by atoms with Crippen molar-refractivity contribution in [2.45, 2.75) is 34.3 Å². The number of carbonyl (C=O) groups is 5. The Morgan fingerprint density at radius 3 is 2.52 bits per heavy atom. The van der Waals surface area contributed by atoms with Crippen molar-refractivity contribution in [3.8, 4) is 0 Å². The van der Waals surface area contributed by atoms with Crippen molar-refractivity contribution in [1.29, 1.82) is 0 Å². The van der Waals surface area contributed by atoms with E-state index < -0.39 is 52.6 Å². The summed E-state index contributed by atoms with van der Waals surface area (Å²) in [6.07, 6.45) is 0.274. The molecule has 6 amide bonds. The summed E-state index contributed by atoms with van der Waals surface area (Å²) in [5, 5.41) is 30.1. The molecular weight excluding hydrogens is 566 g/mol. The number of carbonyl (C=O) groups excluding carboxylic acids is 4. The number of anilines is 1. The van der Waals surface area contributed by atoms with Crippen LogP contribution in [-0.4, -0.2) is 89.4 Å². The summed E-state index contributed by atoms with van der Waals surface area (Å²) >= 11 is 2.43. The number of thioether (sulfide) groups is 2. The minimum absolute atomic E-state index is 0.142. The van der Waals surface area contributed by atoms with E-state index >= 15 is 0 Å². The lowest BCUT2D eigenvalue weighted by atomic mass is 9.99. The standard InChI is InChI=1S/C21H25N11O6S2/c22-12(8-1-3-9(4-2-8)26-20(24)38)15(33)27-13-16(34)32-14(18(35)36)10(7-39-17(13)32)11(5-6-25-19(23)37)40-21-28-30-31-29-21/h1-4,11-13,17H,5-7,22H2,(H,27,33)(H,35,36)(H3,23,25,37)(H3,24,26,38)(H,28,29,30,31)/t11?,12?,13?,17-/m0/s1. The van der Waals surface area contributed by atoms with Crippen LogP contribution < -0.4 is 33.2 Å². The van der Waals surface area contributed by atoms with Crippen LogP contribution in [0.2, 0.25) is 0 Å². The van der Waals surface area contributed by atoms with Gasteiger partial charge in [0, 0.05) is 23.2 Å². The summed E-state index contributed by atoms with van der Waals surface area (Å²) in [6, 6.07) is 2.52. The second-order valence-corrected chi connectivity index (χ2v) is 10.9. The van der Waals surface area contributed by atoms with Gasteiger partial charge in [0.25, 0.3) is 5.91 Å². The molecule has 40 heavy (non-hydrogen) atoms. The topological polar surface area (TPSA) is 277 Å². The van der Waals surface area contributed by atoms with Gasteiger partial charge < -0.3 is 38.3 Å². The van der Waals surface area contributed by atoms with Crippen LogP contribution in [0.25, 0.3) is 0 Å². The molecule has 4 atom stereocenters. The van der Waals surface area contributed by atoms with Gasteiger partial charge in [-0.25, -0.2) is 19.5 Å². The second kappa shape index (κ2) is 12.2. The van der Waals surface area contributed by atoms with Gasteiger partial charge in [-0.3, -0.25) is 14.5 Å². The number of urea groups is 2. The molecule has 2 aliphatic rings. The molecule has 1 aromatic carbocycles. The number of nitrogens with zero attached hydrogens (tertiary/aromatic N) is 4. The number of amides is 6. The predicted octanol–water partition coefficient (Wildman–Crippen LogP) is -1.35. The summed E-state index contributed by atoms with van der Waals surface area (Å²) in [7, 11) is 0. The lowest BCUT2D eigenvalue weighted by Crippen LogP contribution is -2.71. The fourth-order valence-corrected chi connectivity index (χ4v) is 6.71. The van der Waals surface area contributed by atoms with Crippen LogP contribution in [0.5, 0.6) is 0 Å². The van der Waals surface area contributed by atoms with Gasteiger partial charge in [0.2, 0.25) is 11.1 Å². The number of aromatic nitrogens is 4. The quantitative estimate of drug-likeness (QED) is 0.111. The first-order chi connectivity index (χ1) is 19.1. The smallest absolute Gasteiger partial charge is 0.352 e. The van der Waals surface area contributed by atoms with Crippen LogP contribution in [0.1, 0.15) is 18.0 Å². The fraction of sp³-hybridized carbons (Fsp3) is 0.333. The molecule has 1 fully saturated rings. The zero-order valence-electron chi connectivity index (χ0n) is 20.6. The van der Waals surface area contributed by atoms with Gasteiger partial charge in [-0.2, -0.15) is 0 Å². The van der Waals surface area contributed by atoms with Crippen molar-refractivity contribution in [1.82, 2.24) is 36.2 Å². The van der Waals surface area contributed by atoms with E-state index in [0.29, 0.717) is 22.0 Å². The lowest BCUT2D eigenvalue weighted by Gasteiger charge is -2.50. The molecule has 0 bridgehead atoms. The van der Waals surface area contributed by atoms with Crippen LogP contribution in [0.15, 0.2) is 40.7 Å². The fourth-order valence-electron chi connectivity index (χ4n) is 4.17. The molecule has 0 spiro atoms. The Bertz CT molecular complexity index is 1340. The summed E-state index contributed by atoms with van der Waals surface area (Å²) in [5.74, 6) is -2.33. The number of primary amides is 2. The Balaban J connectivity index is 1.49. The Morgan fingerprint density at radius 1 is 1.20 bits per heavy atom. The van der Waals surface area contributed by atoms with E-state index in [9.17, 15) is 29.1 Å². The average molecular weight is 592 g/mol. The van der Waals surface area contributed by atoms with Crippen LogP contribution in [0.3, 0.4) is 0 Å². The molecule has 0 aliphatic carbocycles. The third kappa shape index (κ3) is 6.26. The number of rotatable bonds is 11. The molecule has 4 rings (SSSR count). The largest absolute Gasteiger partial charge is 0.477 e. The molecule has 17 nitrogen and oxygen atoms in total.